The van der Waals surface area contributed by atoms with Crippen LogP contribution in [0.4, 0.5) is 0 Å². The summed E-state index contributed by atoms with van der Waals surface area (Å²) in [6, 6.07) is 8.98. The first-order valence-corrected chi connectivity index (χ1v) is 7.54. The molecule has 0 aliphatic carbocycles. The maximum absolute atomic E-state index is 11.5. The van der Waals surface area contributed by atoms with Crippen LogP contribution in [0.1, 0.15) is 51.5 Å². The summed E-state index contributed by atoms with van der Waals surface area (Å²) < 4.78 is 1.46. The molecule has 1 heterocycles. The van der Waals surface area contributed by atoms with Gasteiger partial charge in [0.25, 0.3) is 0 Å². The number of aliphatic hydroxyl groups is 1. The number of carbonyl (C=O) groups is 2. The van der Waals surface area contributed by atoms with E-state index in [-0.39, 0.29) is 11.3 Å². The lowest BCUT2D eigenvalue weighted by molar-refractivity contribution is 0.0692. The Hall–Kier alpha value is -2.84. The fourth-order valence-electron chi connectivity index (χ4n) is 2.66. The van der Waals surface area contributed by atoms with Gasteiger partial charge in [-0.3, -0.25) is 4.79 Å². The highest BCUT2D eigenvalue weighted by atomic mass is 16.4. The van der Waals surface area contributed by atoms with Crippen molar-refractivity contribution < 1.29 is 19.8 Å². The van der Waals surface area contributed by atoms with Gasteiger partial charge < -0.3 is 14.8 Å². The van der Waals surface area contributed by atoms with Gasteiger partial charge in [0, 0.05) is 12.6 Å². The molecule has 5 heteroatoms. The highest BCUT2D eigenvalue weighted by molar-refractivity contribution is 5.99. The summed E-state index contributed by atoms with van der Waals surface area (Å²) in [6.07, 6.45) is 0.934. The van der Waals surface area contributed by atoms with Gasteiger partial charge in [-0.1, -0.05) is 43.2 Å². The molecule has 124 valence electrons. The Balaban J connectivity index is 2.60. The summed E-state index contributed by atoms with van der Waals surface area (Å²) in [5.74, 6) is 4.49. The summed E-state index contributed by atoms with van der Waals surface area (Å²) in [5.41, 5.74) is 0.207. The zero-order valence-electron chi connectivity index (χ0n) is 13.8. The van der Waals surface area contributed by atoms with Crippen LogP contribution in [0.3, 0.4) is 0 Å². The molecule has 2 N–H and O–H groups in total. The molecule has 0 fully saturated rings. The van der Waals surface area contributed by atoms with Crippen LogP contribution >= 0.6 is 0 Å². The number of carbonyl (C=O) groups excluding carboxylic acids is 1. The third kappa shape index (κ3) is 3.10. The molecule has 24 heavy (non-hydrogen) atoms. The number of aromatic carboxylic acids is 1. The molecule has 1 atom stereocenters. The smallest absolute Gasteiger partial charge is 0.338 e. The summed E-state index contributed by atoms with van der Waals surface area (Å²) in [7, 11) is 1.59. The molecule has 0 radical (unpaired) electrons. The lowest BCUT2D eigenvalue weighted by Crippen LogP contribution is -2.18. The van der Waals surface area contributed by atoms with Crippen molar-refractivity contribution in [3.63, 3.8) is 0 Å². The van der Waals surface area contributed by atoms with Gasteiger partial charge in [0.05, 0.1) is 17.0 Å². The first-order valence-electron chi connectivity index (χ1n) is 7.54. The molecule has 5 nitrogen and oxygen atoms in total. The predicted molar refractivity (Wildman–Crippen MR) is 90.0 cm³/mol. The number of rotatable bonds is 4. The van der Waals surface area contributed by atoms with Crippen LogP contribution in [0.5, 0.6) is 0 Å². The van der Waals surface area contributed by atoms with E-state index in [0.717, 1.165) is 0 Å². The Kier molecular flexibility index (Phi) is 4.91. The molecule has 0 aliphatic heterocycles. The number of hydrogen-bond donors (Lipinski definition) is 2. The van der Waals surface area contributed by atoms with E-state index in [1.165, 1.54) is 4.57 Å². The highest BCUT2D eigenvalue weighted by Gasteiger charge is 2.24. The van der Waals surface area contributed by atoms with E-state index >= 15 is 0 Å². The quantitative estimate of drug-likeness (QED) is 0.668. The third-order valence-corrected chi connectivity index (χ3v) is 3.98. The molecule has 0 aliphatic rings. The molecule has 2 rings (SSSR count). The van der Waals surface area contributed by atoms with E-state index in [1.54, 1.807) is 45.2 Å². The molecule has 1 aromatic heterocycles. The average Bonchev–Trinajstić information content (AvgIpc) is 2.85. The van der Waals surface area contributed by atoms with Gasteiger partial charge >= 0.3 is 5.97 Å². The van der Waals surface area contributed by atoms with Crippen LogP contribution < -0.4 is 0 Å². The number of carboxylic acid groups (broad SMARTS) is 1. The first-order chi connectivity index (χ1) is 11.3. The number of hydrogen-bond acceptors (Lipinski definition) is 3. The lowest BCUT2D eigenvalue weighted by atomic mass is 9.96. The second-order valence-electron chi connectivity index (χ2n) is 5.61. The topological polar surface area (TPSA) is 79.5 Å². The van der Waals surface area contributed by atoms with Crippen LogP contribution in [-0.2, 0) is 19.1 Å². The molecule has 0 amide bonds. The third-order valence-electron chi connectivity index (χ3n) is 3.98. The minimum atomic E-state index is -1.39. The van der Waals surface area contributed by atoms with E-state index in [4.69, 9.17) is 0 Å². The average molecular weight is 325 g/mol. The molecular weight excluding hydrogens is 306 g/mol. The summed E-state index contributed by atoms with van der Waals surface area (Å²) in [6.45, 7) is 3.37. The van der Waals surface area contributed by atoms with E-state index in [1.807, 2.05) is 6.07 Å². The molecular formula is C19H19NO4. The summed E-state index contributed by atoms with van der Waals surface area (Å²) in [5, 5.41) is 20.0. The van der Waals surface area contributed by atoms with Crippen molar-refractivity contribution in [2.75, 3.05) is 0 Å². The van der Waals surface area contributed by atoms with Crippen molar-refractivity contribution in [2.45, 2.75) is 25.9 Å². The van der Waals surface area contributed by atoms with Gasteiger partial charge in [0.1, 0.15) is 5.60 Å². The summed E-state index contributed by atoms with van der Waals surface area (Å²) in [4.78, 5) is 22.8. The second-order valence-corrected chi connectivity index (χ2v) is 5.61. The van der Waals surface area contributed by atoms with Crippen LogP contribution in [0, 0.1) is 11.8 Å². The zero-order valence-corrected chi connectivity index (χ0v) is 13.8. The molecule has 1 aromatic carbocycles. The fourth-order valence-corrected chi connectivity index (χ4v) is 2.66. The number of aromatic nitrogens is 1. The van der Waals surface area contributed by atoms with Gasteiger partial charge in [-0.25, -0.2) is 4.79 Å². The van der Waals surface area contributed by atoms with E-state index in [0.29, 0.717) is 29.5 Å². The first kappa shape index (κ1) is 17.5. The Morgan fingerprint density at radius 3 is 2.46 bits per heavy atom. The standard InChI is InChI=1S/C19H19NO4/c1-4-14-15(20(3)16(12-21)17(14)18(22)23)10-11-19(2,24)13-8-6-5-7-9-13/h5-9,12,24H,4H2,1-3H3,(H,22,23). The minimum Gasteiger partial charge on any atom is -0.478 e. The Morgan fingerprint density at radius 1 is 1.33 bits per heavy atom. The van der Waals surface area contributed by atoms with Crippen LogP contribution in [0.25, 0.3) is 0 Å². The zero-order chi connectivity index (χ0) is 17.9. The largest absolute Gasteiger partial charge is 0.478 e. The number of carboxylic acids is 1. The number of aldehydes is 1. The minimum absolute atomic E-state index is 0.0290. The van der Waals surface area contributed by atoms with Gasteiger partial charge in [-0.15, -0.1) is 0 Å². The van der Waals surface area contributed by atoms with Crippen LogP contribution in [-0.4, -0.2) is 27.0 Å². The van der Waals surface area contributed by atoms with E-state index < -0.39 is 11.6 Å². The fraction of sp³-hybridized carbons (Fsp3) is 0.263. The van der Waals surface area contributed by atoms with Crippen molar-refractivity contribution in [3.8, 4) is 11.8 Å². The molecule has 0 bridgehead atoms. The van der Waals surface area contributed by atoms with E-state index in [9.17, 15) is 19.8 Å². The van der Waals surface area contributed by atoms with Gasteiger partial charge in [-0.05, 0) is 24.8 Å². The predicted octanol–water partition coefficient (Wildman–Crippen LogP) is 2.36. The van der Waals surface area contributed by atoms with Crippen LogP contribution in [0.2, 0.25) is 0 Å². The van der Waals surface area contributed by atoms with Crippen molar-refractivity contribution in [3.05, 3.63) is 58.4 Å². The lowest BCUT2D eigenvalue weighted by Gasteiger charge is -2.16. The van der Waals surface area contributed by atoms with Gasteiger partial charge in [0.15, 0.2) is 6.29 Å². The number of nitrogens with zero attached hydrogens (tertiary/aromatic N) is 1. The molecule has 2 aromatic rings. The molecule has 0 saturated carbocycles. The second kappa shape index (κ2) is 6.73. The SMILES string of the molecule is CCc1c(C(=O)O)c(C=O)n(C)c1C#CC(C)(O)c1ccccc1. The Labute approximate surface area is 140 Å². The van der Waals surface area contributed by atoms with Crippen molar-refractivity contribution >= 4 is 12.3 Å². The van der Waals surface area contributed by atoms with Crippen molar-refractivity contribution in [1.82, 2.24) is 4.57 Å². The van der Waals surface area contributed by atoms with Gasteiger partial charge in [-0.2, -0.15) is 0 Å². The maximum atomic E-state index is 11.5. The maximum Gasteiger partial charge on any atom is 0.338 e. The Morgan fingerprint density at radius 2 is 1.96 bits per heavy atom. The summed E-state index contributed by atoms with van der Waals surface area (Å²) >= 11 is 0. The Bertz CT molecular complexity index is 836. The molecule has 0 saturated heterocycles. The van der Waals surface area contributed by atoms with Crippen LogP contribution in [0.15, 0.2) is 30.3 Å². The molecule has 1 unspecified atom stereocenters. The van der Waals surface area contributed by atoms with Crippen molar-refractivity contribution in [2.24, 2.45) is 7.05 Å². The normalized spacial score (nSPS) is 12.8. The van der Waals surface area contributed by atoms with Crippen molar-refractivity contribution in [1.29, 1.82) is 0 Å². The monoisotopic (exact) mass is 325 g/mol. The highest BCUT2D eigenvalue weighted by Crippen LogP contribution is 2.23. The molecule has 0 spiro atoms. The number of benzene rings is 1. The van der Waals surface area contributed by atoms with Gasteiger partial charge in [0.2, 0.25) is 0 Å². The van der Waals surface area contributed by atoms with E-state index in [2.05, 4.69) is 11.8 Å².